The van der Waals surface area contributed by atoms with Crippen molar-refractivity contribution in [1.29, 1.82) is 0 Å². The Morgan fingerprint density at radius 2 is 2.10 bits per heavy atom. The van der Waals surface area contributed by atoms with Gasteiger partial charge in [0.2, 0.25) is 0 Å². The Morgan fingerprint density at radius 1 is 1.40 bits per heavy atom. The first-order valence-corrected chi connectivity index (χ1v) is 3.79. The van der Waals surface area contributed by atoms with E-state index >= 15 is 0 Å². The molecule has 0 rings (SSSR count). The average molecular weight is 140 g/mol. The normalized spacial score (nSPS) is 12.5. The fraction of sp³-hybridized carbons (Fsp3) is 0.556. The van der Waals surface area contributed by atoms with Crippen LogP contribution in [0.1, 0.15) is 27.2 Å². The number of allylic oxidation sites excluding steroid dienone is 4. The highest BCUT2D eigenvalue weighted by Crippen LogP contribution is 2.01. The summed E-state index contributed by atoms with van der Waals surface area (Å²) >= 11 is 0. The van der Waals surface area contributed by atoms with Gasteiger partial charge in [-0.3, -0.25) is 0 Å². The van der Waals surface area contributed by atoms with E-state index in [1.54, 1.807) is 0 Å². The van der Waals surface area contributed by atoms with Gasteiger partial charge in [-0.25, -0.2) is 0 Å². The molecule has 0 aromatic carbocycles. The maximum absolute atomic E-state index is 5.30. The molecule has 1 nitrogen and oxygen atoms in total. The van der Waals surface area contributed by atoms with Crippen molar-refractivity contribution in [3.63, 3.8) is 0 Å². The summed E-state index contributed by atoms with van der Waals surface area (Å²) in [6.45, 7) is 6.84. The van der Waals surface area contributed by atoms with E-state index in [9.17, 15) is 0 Å². The summed E-state index contributed by atoms with van der Waals surface area (Å²) < 4.78 is 5.30. The largest absolute Gasteiger partial charge is 0.498 e. The van der Waals surface area contributed by atoms with Crippen LogP contribution in [-0.2, 0) is 4.74 Å². The van der Waals surface area contributed by atoms with Crippen molar-refractivity contribution < 1.29 is 4.74 Å². The Labute approximate surface area is 63.4 Å². The predicted molar refractivity (Wildman–Crippen MR) is 44.8 cm³/mol. The Hall–Kier alpha value is -0.720. The first kappa shape index (κ1) is 9.28. The summed E-state index contributed by atoms with van der Waals surface area (Å²) in [5, 5.41) is 0. The minimum Gasteiger partial charge on any atom is -0.498 e. The summed E-state index contributed by atoms with van der Waals surface area (Å²) in [7, 11) is 0. The van der Waals surface area contributed by atoms with Gasteiger partial charge in [-0.1, -0.05) is 19.1 Å². The molecular weight excluding hydrogens is 124 g/mol. The molecule has 0 saturated heterocycles. The van der Waals surface area contributed by atoms with Gasteiger partial charge in [0.05, 0.1) is 12.4 Å². The van der Waals surface area contributed by atoms with E-state index in [2.05, 4.69) is 6.92 Å². The summed E-state index contributed by atoms with van der Waals surface area (Å²) in [5.74, 6) is 1.06. The van der Waals surface area contributed by atoms with Gasteiger partial charge >= 0.3 is 0 Å². The van der Waals surface area contributed by atoms with Crippen LogP contribution in [0.3, 0.4) is 0 Å². The van der Waals surface area contributed by atoms with E-state index in [1.165, 1.54) is 0 Å². The van der Waals surface area contributed by atoms with E-state index in [0.717, 1.165) is 18.8 Å². The van der Waals surface area contributed by atoms with Crippen molar-refractivity contribution in [3.05, 3.63) is 24.0 Å². The highest BCUT2D eigenvalue weighted by Gasteiger charge is 1.87. The molecule has 10 heavy (non-hydrogen) atoms. The third-order valence-corrected chi connectivity index (χ3v) is 1.15. The lowest BCUT2D eigenvalue weighted by molar-refractivity contribution is 0.221. The fourth-order valence-corrected chi connectivity index (χ4v) is 0.657. The van der Waals surface area contributed by atoms with Crippen LogP contribution in [0.4, 0.5) is 0 Å². The lowest BCUT2D eigenvalue weighted by atomic mass is 10.3. The molecule has 0 amide bonds. The van der Waals surface area contributed by atoms with Crippen LogP contribution in [0.25, 0.3) is 0 Å². The maximum Gasteiger partial charge on any atom is 0.0956 e. The molecule has 0 saturated carbocycles. The second kappa shape index (κ2) is 6.40. The summed E-state index contributed by atoms with van der Waals surface area (Å²) in [6, 6.07) is 0. The standard InChI is InChI=1S/C9H16O/c1-4-7-8-9(5-2)10-6-3/h4,7-8H,5-6H2,1-3H3. The summed E-state index contributed by atoms with van der Waals surface area (Å²) in [6.07, 6.45) is 6.96. The Bertz CT molecular complexity index is 123. The molecule has 0 N–H and O–H groups in total. The number of rotatable bonds is 4. The molecule has 0 aromatic rings. The fourth-order valence-electron chi connectivity index (χ4n) is 0.657. The molecule has 1 heteroatoms. The molecule has 0 aliphatic carbocycles. The van der Waals surface area contributed by atoms with Gasteiger partial charge in [0.15, 0.2) is 0 Å². The highest BCUT2D eigenvalue weighted by atomic mass is 16.5. The van der Waals surface area contributed by atoms with Gasteiger partial charge in [0.1, 0.15) is 0 Å². The number of hydrogen-bond donors (Lipinski definition) is 0. The van der Waals surface area contributed by atoms with Crippen LogP contribution in [0.2, 0.25) is 0 Å². The van der Waals surface area contributed by atoms with E-state index in [0.29, 0.717) is 0 Å². The molecule has 0 aromatic heterocycles. The third kappa shape index (κ3) is 4.19. The van der Waals surface area contributed by atoms with Crippen molar-refractivity contribution >= 4 is 0 Å². The van der Waals surface area contributed by atoms with Crippen LogP contribution in [-0.4, -0.2) is 6.61 Å². The zero-order chi connectivity index (χ0) is 7.82. The van der Waals surface area contributed by atoms with Crippen molar-refractivity contribution in [1.82, 2.24) is 0 Å². The van der Waals surface area contributed by atoms with Gasteiger partial charge < -0.3 is 4.74 Å². The topological polar surface area (TPSA) is 9.23 Å². The van der Waals surface area contributed by atoms with E-state index in [1.807, 2.05) is 32.1 Å². The lowest BCUT2D eigenvalue weighted by Gasteiger charge is -2.03. The van der Waals surface area contributed by atoms with E-state index in [-0.39, 0.29) is 0 Å². The quantitative estimate of drug-likeness (QED) is 0.431. The van der Waals surface area contributed by atoms with Crippen molar-refractivity contribution in [2.45, 2.75) is 27.2 Å². The highest BCUT2D eigenvalue weighted by molar-refractivity contribution is 5.06. The van der Waals surface area contributed by atoms with Gasteiger partial charge in [-0.05, 0) is 19.9 Å². The zero-order valence-corrected chi connectivity index (χ0v) is 7.05. The summed E-state index contributed by atoms with van der Waals surface area (Å²) in [5.41, 5.74) is 0. The van der Waals surface area contributed by atoms with E-state index in [4.69, 9.17) is 4.74 Å². The first-order chi connectivity index (χ1) is 4.85. The predicted octanol–water partition coefficient (Wildman–Crippen LogP) is 2.89. The molecule has 0 atom stereocenters. The Morgan fingerprint density at radius 3 is 2.50 bits per heavy atom. The molecule has 58 valence electrons. The van der Waals surface area contributed by atoms with Crippen molar-refractivity contribution in [3.8, 4) is 0 Å². The second-order valence-corrected chi connectivity index (χ2v) is 1.95. The minimum absolute atomic E-state index is 0.761. The number of ether oxygens (including phenoxy) is 1. The van der Waals surface area contributed by atoms with Crippen LogP contribution in [0, 0.1) is 0 Å². The first-order valence-electron chi connectivity index (χ1n) is 3.79. The van der Waals surface area contributed by atoms with Gasteiger partial charge in [-0.15, -0.1) is 0 Å². The molecule has 0 bridgehead atoms. The van der Waals surface area contributed by atoms with Crippen molar-refractivity contribution in [2.75, 3.05) is 6.61 Å². The van der Waals surface area contributed by atoms with Gasteiger partial charge in [0.25, 0.3) is 0 Å². The molecule has 0 aliphatic heterocycles. The van der Waals surface area contributed by atoms with Crippen LogP contribution in [0.5, 0.6) is 0 Å². The molecule has 0 radical (unpaired) electrons. The molecule has 0 unspecified atom stereocenters. The van der Waals surface area contributed by atoms with Crippen LogP contribution < -0.4 is 0 Å². The Balaban J connectivity index is 3.78. The van der Waals surface area contributed by atoms with Crippen LogP contribution in [0.15, 0.2) is 24.0 Å². The van der Waals surface area contributed by atoms with Gasteiger partial charge in [0, 0.05) is 6.42 Å². The van der Waals surface area contributed by atoms with E-state index < -0.39 is 0 Å². The monoisotopic (exact) mass is 140 g/mol. The second-order valence-electron chi connectivity index (χ2n) is 1.95. The molecule has 0 heterocycles. The molecule has 0 spiro atoms. The molecular formula is C9H16O. The van der Waals surface area contributed by atoms with Crippen LogP contribution >= 0.6 is 0 Å². The zero-order valence-electron chi connectivity index (χ0n) is 7.05. The van der Waals surface area contributed by atoms with Gasteiger partial charge in [-0.2, -0.15) is 0 Å². The third-order valence-electron chi connectivity index (χ3n) is 1.15. The SMILES string of the molecule is CC=CC=C(CC)OCC. The molecule has 0 fully saturated rings. The molecule has 0 aliphatic rings. The smallest absolute Gasteiger partial charge is 0.0956 e. The lowest BCUT2D eigenvalue weighted by Crippen LogP contribution is -1.88. The van der Waals surface area contributed by atoms with Crippen molar-refractivity contribution in [2.24, 2.45) is 0 Å². The summed E-state index contributed by atoms with van der Waals surface area (Å²) in [4.78, 5) is 0. The minimum atomic E-state index is 0.761. The maximum atomic E-state index is 5.30. The Kier molecular flexibility index (Phi) is 5.94. The average Bonchev–Trinajstić information content (AvgIpc) is 1.98. The number of hydrogen-bond acceptors (Lipinski definition) is 1.